The summed E-state index contributed by atoms with van der Waals surface area (Å²) in [5.74, 6) is 1.86. The lowest BCUT2D eigenvalue weighted by Crippen LogP contribution is -2.31. The average Bonchev–Trinajstić information content (AvgIpc) is 3.25. The van der Waals surface area contributed by atoms with Gasteiger partial charge in [0.1, 0.15) is 12.7 Å². The first-order valence-electron chi connectivity index (χ1n) is 8.11. The molecular weight excluding hydrogens is 324 g/mol. The fraction of sp³-hybridized carbons (Fsp3) is 0.471. The van der Waals surface area contributed by atoms with Crippen molar-refractivity contribution in [3.63, 3.8) is 0 Å². The first-order valence-corrected chi connectivity index (χ1v) is 8.11. The Hall–Kier alpha value is -2.61. The van der Waals surface area contributed by atoms with Gasteiger partial charge in [-0.3, -0.25) is 4.79 Å². The number of likely N-dealkylation sites (tertiary alicyclic amines) is 1. The number of anilines is 1. The Kier molecular flexibility index (Phi) is 5.18. The van der Waals surface area contributed by atoms with Crippen LogP contribution in [-0.2, 0) is 11.3 Å². The molecule has 0 aromatic carbocycles. The monoisotopic (exact) mass is 346 g/mol. The summed E-state index contributed by atoms with van der Waals surface area (Å²) in [6, 6.07) is 5.35. The van der Waals surface area contributed by atoms with E-state index in [4.69, 9.17) is 14.0 Å². The molecule has 0 bridgehead atoms. The number of hydrogen-bond donors (Lipinski definition) is 0. The van der Waals surface area contributed by atoms with E-state index in [0.717, 1.165) is 18.0 Å². The van der Waals surface area contributed by atoms with Crippen molar-refractivity contribution in [1.82, 2.24) is 15.0 Å². The van der Waals surface area contributed by atoms with Crippen LogP contribution in [0, 0.1) is 0 Å². The molecule has 134 valence electrons. The molecule has 3 rings (SSSR count). The lowest BCUT2D eigenvalue weighted by atomic mass is 10.3. The molecule has 2 aromatic rings. The highest BCUT2D eigenvalue weighted by Crippen LogP contribution is 2.27. The molecule has 1 atom stereocenters. The van der Waals surface area contributed by atoms with Crippen molar-refractivity contribution in [2.75, 3.05) is 39.2 Å². The van der Waals surface area contributed by atoms with Gasteiger partial charge in [0.25, 0.3) is 5.91 Å². The average molecular weight is 346 g/mol. The van der Waals surface area contributed by atoms with E-state index < -0.39 is 0 Å². The lowest BCUT2D eigenvalue weighted by Gasteiger charge is -2.20. The van der Waals surface area contributed by atoms with Crippen molar-refractivity contribution < 1.29 is 18.8 Å². The Morgan fingerprint density at radius 1 is 1.48 bits per heavy atom. The number of aromatic nitrogens is 2. The summed E-state index contributed by atoms with van der Waals surface area (Å²) in [5.41, 5.74) is 0.294. The fourth-order valence-corrected chi connectivity index (χ4v) is 2.78. The summed E-state index contributed by atoms with van der Waals surface area (Å²) >= 11 is 0. The van der Waals surface area contributed by atoms with E-state index in [1.807, 2.05) is 31.1 Å². The van der Waals surface area contributed by atoms with Crippen LogP contribution in [0.2, 0.25) is 0 Å². The van der Waals surface area contributed by atoms with Gasteiger partial charge in [0.15, 0.2) is 23.0 Å². The van der Waals surface area contributed by atoms with Gasteiger partial charge in [-0.15, -0.1) is 0 Å². The Labute approximate surface area is 146 Å². The van der Waals surface area contributed by atoms with Crippen LogP contribution in [-0.4, -0.2) is 61.3 Å². The minimum Gasteiger partial charge on any atom is -0.485 e. The van der Waals surface area contributed by atoms with Crippen LogP contribution in [0.3, 0.4) is 0 Å². The molecule has 1 aliphatic heterocycles. The summed E-state index contributed by atoms with van der Waals surface area (Å²) < 4.78 is 16.1. The van der Waals surface area contributed by atoms with E-state index in [1.165, 1.54) is 0 Å². The maximum atomic E-state index is 12.5. The van der Waals surface area contributed by atoms with Gasteiger partial charge in [-0.05, 0) is 12.1 Å². The normalized spacial score (nSPS) is 16.9. The molecule has 1 amide bonds. The number of nitrogens with zero attached hydrogens (tertiary/aromatic N) is 4. The van der Waals surface area contributed by atoms with Crippen LogP contribution in [0.5, 0.6) is 5.75 Å². The molecule has 1 aliphatic rings. The number of ether oxygens (including phenoxy) is 2. The minimum absolute atomic E-state index is 0.0720. The predicted molar refractivity (Wildman–Crippen MR) is 90.7 cm³/mol. The fourth-order valence-electron chi connectivity index (χ4n) is 2.78. The quantitative estimate of drug-likeness (QED) is 0.785. The molecule has 25 heavy (non-hydrogen) atoms. The maximum Gasteiger partial charge on any atom is 0.276 e. The number of pyridine rings is 1. The Balaban J connectivity index is 1.62. The third-order valence-corrected chi connectivity index (χ3v) is 3.97. The third-order valence-electron chi connectivity index (χ3n) is 3.97. The van der Waals surface area contributed by atoms with E-state index >= 15 is 0 Å². The van der Waals surface area contributed by atoms with Gasteiger partial charge in [-0.25, -0.2) is 4.98 Å². The summed E-state index contributed by atoms with van der Waals surface area (Å²) in [7, 11) is 5.40. The number of carbonyl (C=O) groups excluding carboxylic acids is 1. The Bertz CT molecular complexity index is 731. The van der Waals surface area contributed by atoms with E-state index in [-0.39, 0.29) is 12.0 Å². The molecule has 0 saturated carbocycles. The standard InChI is InChI=1S/C17H22N4O4/c1-20(2)16-15(5-4-7-18-16)24-12-6-8-21(10-12)17(22)14-9-13(11-23-3)25-19-14/h4-5,7,9,12H,6,8,10-11H2,1-3H3/t12-/m0/s1. The molecule has 2 aromatic heterocycles. The second-order valence-electron chi connectivity index (χ2n) is 6.11. The van der Waals surface area contributed by atoms with Crippen LogP contribution in [0.1, 0.15) is 22.7 Å². The lowest BCUT2D eigenvalue weighted by molar-refractivity contribution is 0.0761. The van der Waals surface area contributed by atoms with Crippen molar-refractivity contribution in [2.45, 2.75) is 19.1 Å². The Morgan fingerprint density at radius 3 is 3.08 bits per heavy atom. The van der Waals surface area contributed by atoms with Gasteiger partial charge >= 0.3 is 0 Å². The van der Waals surface area contributed by atoms with Crippen molar-refractivity contribution in [2.24, 2.45) is 0 Å². The van der Waals surface area contributed by atoms with Gasteiger partial charge < -0.3 is 23.8 Å². The van der Waals surface area contributed by atoms with Crippen LogP contribution in [0.4, 0.5) is 5.82 Å². The van der Waals surface area contributed by atoms with Crippen LogP contribution < -0.4 is 9.64 Å². The van der Waals surface area contributed by atoms with Crippen molar-refractivity contribution in [3.8, 4) is 5.75 Å². The number of rotatable bonds is 6. The van der Waals surface area contributed by atoms with Gasteiger partial charge in [0.2, 0.25) is 0 Å². The first kappa shape index (κ1) is 17.2. The third kappa shape index (κ3) is 3.90. The molecule has 0 unspecified atom stereocenters. The first-order chi connectivity index (χ1) is 12.1. The number of amides is 1. The molecule has 0 N–H and O–H groups in total. The highest BCUT2D eigenvalue weighted by Gasteiger charge is 2.30. The van der Waals surface area contributed by atoms with E-state index in [9.17, 15) is 4.79 Å². The summed E-state index contributed by atoms with van der Waals surface area (Å²) in [4.78, 5) is 20.5. The highest BCUT2D eigenvalue weighted by molar-refractivity contribution is 5.92. The molecule has 0 radical (unpaired) electrons. The number of methoxy groups -OCH3 is 1. The zero-order valence-corrected chi connectivity index (χ0v) is 14.6. The smallest absolute Gasteiger partial charge is 0.276 e. The summed E-state index contributed by atoms with van der Waals surface area (Å²) in [5, 5.41) is 3.82. The zero-order valence-electron chi connectivity index (χ0n) is 14.6. The van der Waals surface area contributed by atoms with Crippen LogP contribution in [0.15, 0.2) is 28.9 Å². The zero-order chi connectivity index (χ0) is 17.8. The molecule has 3 heterocycles. The Morgan fingerprint density at radius 2 is 2.32 bits per heavy atom. The molecular formula is C17H22N4O4. The molecule has 1 saturated heterocycles. The van der Waals surface area contributed by atoms with Crippen molar-refractivity contribution >= 4 is 11.7 Å². The maximum absolute atomic E-state index is 12.5. The molecule has 0 aliphatic carbocycles. The van der Waals surface area contributed by atoms with Gasteiger partial charge in [0, 0.05) is 46.4 Å². The second-order valence-corrected chi connectivity index (χ2v) is 6.11. The van der Waals surface area contributed by atoms with Crippen LogP contribution in [0.25, 0.3) is 0 Å². The minimum atomic E-state index is -0.156. The summed E-state index contributed by atoms with van der Waals surface area (Å²) in [6.45, 7) is 1.42. The number of hydrogen-bond acceptors (Lipinski definition) is 7. The predicted octanol–water partition coefficient (Wildman–Crippen LogP) is 1.58. The molecule has 1 fully saturated rings. The SMILES string of the molecule is COCc1cc(C(=O)N2CC[C@H](Oc3cccnc3N(C)C)C2)no1. The molecule has 0 spiro atoms. The largest absolute Gasteiger partial charge is 0.485 e. The second kappa shape index (κ2) is 7.52. The molecule has 8 nitrogen and oxygen atoms in total. The molecule has 8 heteroatoms. The van der Waals surface area contributed by atoms with Gasteiger partial charge in [0.05, 0.1) is 6.54 Å². The van der Waals surface area contributed by atoms with E-state index in [0.29, 0.717) is 31.2 Å². The van der Waals surface area contributed by atoms with E-state index in [2.05, 4.69) is 10.1 Å². The topological polar surface area (TPSA) is 80.9 Å². The summed E-state index contributed by atoms with van der Waals surface area (Å²) in [6.07, 6.45) is 2.42. The number of carbonyl (C=O) groups is 1. The van der Waals surface area contributed by atoms with E-state index in [1.54, 1.807) is 24.3 Å². The van der Waals surface area contributed by atoms with Crippen molar-refractivity contribution in [3.05, 3.63) is 35.9 Å². The van der Waals surface area contributed by atoms with Gasteiger partial charge in [-0.2, -0.15) is 0 Å². The van der Waals surface area contributed by atoms with Gasteiger partial charge in [-0.1, -0.05) is 5.16 Å². The van der Waals surface area contributed by atoms with Crippen LogP contribution >= 0.6 is 0 Å². The highest BCUT2D eigenvalue weighted by atomic mass is 16.5. The van der Waals surface area contributed by atoms with Crippen molar-refractivity contribution in [1.29, 1.82) is 0 Å².